The minimum absolute atomic E-state index is 0.385. The summed E-state index contributed by atoms with van der Waals surface area (Å²) in [7, 11) is -2.83. The van der Waals surface area contributed by atoms with E-state index in [1.807, 2.05) is 0 Å². The molecule has 0 aliphatic heterocycles. The summed E-state index contributed by atoms with van der Waals surface area (Å²) in [5.41, 5.74) is 0. The molecule has 1 N–H and O–H groups in total. The van der Waals surface area contributed by atoms with Crippen molar-refractivity contribution in [3.05, 3.63) is 30.3 Å². The number of amides is 1. The first-order chi connectivity index (χ1) is 6.02. The molecule has 0 radical (unpaired) electrons. The fourth-order valence-corrected chi connectivity index (χ4v) is 2.54. The molecule has 0 aliphatic carbocycles. The minimum atomic E-state index is -2.83. The van der Waals surface area contributed by atoms with Crippen LogP contribution in [0.2, 0.25) is 0 Å². The van der Waals surface area contributed by atoms with Crippen LogP contribution in [0.1, 0.15) is 6.92 Å². The standard InChI is InChI=1S/C8H9NO2S2/c1-7(10)9-13(11,12)8-5-3-2-4-6-8/h2-6H,1H3,(H,9,10). The van der Waals surface area contributed by atoms with E-state index < -0.39 is 8.68 Å². The van der Waals surface area contributed by atoms with Crippen molar-refractivity contribution in [3.8, 4) is 0 Å². The zero-order valence-electron chi connectivity index (χ0n) is 7.02. The molecule has 13 heavy (non-hydrogen) atoms. The molecular weight excluding hydrogens is 206 g/mol. The van der Waals surface area contributed by atoms with E-state index in [1.165, 1.54) is 6.92 Å². The van der Waals surface area contributed by atoms with Gasteiger partial charge in [0, 0.05) is 18.1 Å². The number of nitrogens with one attached hydrogen (secondary N) is 1. The van der Waals surface area contributed by atoms with E-state index in [-0.39, 0.29) is 5.91 Å². The summed E-state index contributed by atoms with van der Waals surface area (Å²) in [6.07, 6.45) is 0. The molecule has 3 nitrogen and oxygen atoms in total. The molecule has 1 unspecified atom stereocenters. The Bertz CT molecular complexity index is 397. The van der Waals surface area contributed by atoms with Crippen molar-refractivity contribution in [1.82, 2.24) is 4.72 Å². The van der Waals surface area contributed by atoms with Gasteiger partial charge < -0.3 is 0 Å². The molecule has 0 aromatic heterocycles. The monoisotopic (exact) mass is 215 g/mol. The van der Waals surface area contributed by atoms with E-state index in [0.29, 0.717) is 4.90 Å². The lowest BCUT2D eigenvalue weighted by atomic mass is 10.4. The van der Waals surface area contributed by atoms with Gasteiger partial charge in [0.2, 0.25) is 5.91 Å². The summed E-state index contributed by atoms with van der Waals surface area (Å²) in [5.74, 6) is -0.385. The Balaban J connectivity index is 3.02. The molecule has 1 aromatic carbocycles. The predicted octanol–water partition coefficient (Wildman–Crippen LogP) is 0.843. The predicted molar refractivity (Wildman–Crippen MR) is 54.0 cm³/mol. The molecule has 0 saturated heterocycles. The quantitative estimate of drug-likeness (QED) is 0.795. The first kappa shape index (κ1) is 10.1. The molecule has 1 atom stereocenters. The second-order valence-electron chi connectivity index (χ2n) is 2.47. The van der Waals surface area contributed by atoms with Crippen LogP contribution in [0.5, 0.6) is 0 Å². The zero-order valence-corrected chi connectivity index (χ0v) is 8.65. The maximum atomic E-state index is 11.7. The fourth-order valence-electron chi connectivity index (χ4n) is 0.848. The molecule has 70 valence electrons. The van der Waals surface area contributed by atoms with Crippen molar-refractivity contribution in [2.75, 3.05) is 0 Å². The maximum Gasteiger partial charge on any atom is 0.228 e. The van der Waals surface area contributed by atoms with E-state index >= 15 is 0 Å². The van der Waals surface area contributed by atoms with Gasteiger partial charge in [-0.1, -0.05) is 18.2 Å². The third kappa shape index (κ3) is 2.78. The topological polar surface area (TPSA) is 46.2 Å². The molecular formula is C8H9NO2S2. The van der Waals surface area contributed by atoms with Crippen LogP contribution in [-0.4, -0.2) is 10.1 Å². The number of rotatable bonds is 2. The molecule has 1 aromatic rings. The summed E-state index contributed by atoms with van der Waals surface area (Å²) in [6, 6.07) is 8.50. The molecule has 0 aliphatic rings. The minimum Gasteiger partial charge on any atom is -0.274 e. The Labute approximate surface area is 82.0 Å². The molecule has 0 fully saturated rings. The summed E-state index contributed by atoms with van der Waals surface area (Å²) in [6.45, 7) is 1.29. The first-order valence-electron chi connectivity index (χ1n) is 3.61. The van der Waals surface area contributed by atoms with Gasteiger partial charge in [0.25, 0.3) is 0 Å². The van der Waals surface area contributed by atoms with E-state index in [2.05, 4.69) is 4.72 Å². The summed E-state index contributed by atoms with van der Waals surface area (Å²) >= 11 is 4.78. The number of carbonyl (C=O) groups is 1. The van der Waals surface area contributed by atoms with Crippen molar-refractivity contribution < 1.29 is 9.00 Å². The van der Waals surface area contributed by atoms with Crippen LogP contribution < -0.4 is 4.72 Å². The van der Waals surface area contributed by atoms with Crippen molar-refractivity contribution >= 4 is 25.8 Å². The van der Waals surface area contributed by atoms with Crippen LogP contribution in [0.4, 0.5) is 0 Å². The molecule has 0 spiro atoms. The highest BCUT2D eigenvalue weighted by Gasteiger charge is 2.09. The van der Waals surface area contributed by atoms with Crippen molar-refractivity contribution in [2.24, 2.45) is 0 Å². The van der Waals surface area contributed by atoms with Crippen molar-refractivity contribution in [1.29, 1.82) is 0 Å². The highest BCUT2D eigenvalue weighted by Crippen LogP contribution is 2.06. The number of hydrogen-bond donors (Lipinski definition) is 1. The van der Waals surface area contributed by atoms with E-state index in [0.717, 1.165) is 0 Å². The highest BCUT2D eigenvalue weighted by molar-refractivity contribution is 8.32. The Morgan fingerprint density at radius 2 is 1.92 bits per heavy atom. The number of carbonyl (C=O) groups excluding carboxylic acids is 1. The second-order valence-corrected chi connectivity index (χ2v) is 5.57. The van der Waals surface area contributed by atoms with Crippen LogP contribution in [-0.2, 0) is 24.7 Å². The molecule has 0 bridgehead atoms. The van der Waals surface area contributed by atoms with Crippen LogP contribution >= 0.6 is 0 Å². The highest BCUT2D eigenvalue weighted by atomic mass is 32.8. The van der Waals surface area contributed by atoms with Crippen molar-refractivity contribution in [3.63, 3.8) is 0 Å². The van der Waals surface area contributed by atoms with Crippen LogP contribution in [0.25, 0.3) is 0 Å². The van der Waals surface area contributed by atoms with Crippen LogP contribution in [0.15, 0.2) is 35.2 Å². The van der Waals surface area contributed by atoms with Gasteiger partial charge in [0.15, 0.2) is 0 Å². The van der Waals surface area contributed by atoms with Gasteiger partial charge in [-0.2, -0.15) is 0 Å². The van der Waals surface area contributed by atoms with Gasteiger partial charge in [-0.3, -0.25) is 9.52 Å². The molecule has 1 amide bonds. The summed E-state index contributed by atoms with van der Waals surface area (Å²) in [4.78, 5) is 11.1. The Morgan fingerprint density at radius 1 is 1.38 bits per heavy atom. The Morgan fingerprint density at radius 3 is 2.38 bits per heavy atom. The third-order valence-electron chi connectivity index (χ3n) is 1.33. The largest absolute Gasteiger partial charge is 0.274 e. The summed E-state index contributed by atoms with van der Waals surface area (Å²) in [5, 5.41) is 0. The van der Waals surface area contributed by atoms with Gasteiger partial charge >= 0.3 is 0 Å². The molecule has 5 heteroatoms. The van der Waals surface area contributed by atoms with Gasteiger partial charge in [0.05, 0.1) is 4.90 Å². The van der Waals surface area contributed by atoms with Gasteiger partial charge in [-0.05, 0) is 12.1 Å². The zero-order chi connectivity index (χ0) is 9.90. The van der Waals surface area contributed by atoms with Gasteiger partial charge in [-0.15, -0.1) is 0 Å². The lowest BCUT2D eigenvalue weighted by Crippen LogP contribution is -2.27. The second kappa shape index (κ2) is 3.85. The van der Waals surface area contributed by atoms with Crippen molar-refractivity contribution in [2.45, 2.75) is 11.8 Å². The van der Waals surface area contributed by atoms with Gasteiger partial charge in [0.1, 0.15) is 8.68 Å². The smallest absolute Gasteiger partial charge is 0.228 e. The van der Waals surface area contributed by atoms with E-state index in [4.69, 9.17) is 11.2 Å². The molecule has 0 saturated carbocycles. The lowest BCUT2D eigenvalue weighted by Gasteiger charge is -2.06. The van der Waals surface area contributed by atoms with Crippen LogP contribution in [0, 0.1) is 0 Å². The fraction of sp³-hybridized carbons (Fsp3) is 0.125. The normalized spacial score (nSPS) is 14.5. The average Bonchev–Trinajstić information content (AvgIpc) is 2.04. The first-order valence-corrected chi connectivity index (χ1v) is 6.09. The Kier molecular flexibility index (Phi) is 3.00. The third-order valence-corrected chi connectivity index (χ3v) is 3.61. The van der Waals surface area contributed by atoms with Gasteiger partial charge in [-0.25, -0.2) is 4.21 Å². The van der Waals surface area contributed by atoms with Crippen LogP contribution in [0.3, 0.4) is 0 Å². The number of benzene rings is 1. The SMILES string of the molecule is CC(=O)NS(=O)(=S)c1ccccc1. The van der Waals surface area contributed by atoms with E-state index in [1.54, 1.807) is 30.3 Å². The van der Waals surface area contributed by atoms with E-state index in [9.17, 15) is 9.00 Å². The lowest BCUT2D eigenvalue weighted by molar-refractivity contribution is -0.117. The number of hydrogen-bond acceptors (Lipinski definition) is 3. The maximum absolute atomic E-state index is 11.7. The molecule has 0 heterocycles. The Hall–Kier alpha value is -0.940. The molecule has 1 rings (SSSR count). The summed E-state index contributed by atoms with van der Waals surface area (Å²) < 4.78 is 13.9. The average molecular weight is 215 g/mol.